The highest BCUT2D eigenvalue weighted by Crippen LogP contribution is 2.23. The highest BCUT2D eigenvalue weighted by Gasteiger charge is 2.37. The molecule has 1 unspecified atom stereocenters. The van der Waals surface area contributed by atoms with Crippen molar-refractivity contribution in [3.63, 3.8) is 0 Å². The van der Waals surface area contributed by atoms with Gasteiger partial charge in [0, 0.05) is 0 Å². The van der Waals surface area contributed by atoms with Crippen molar-refractivity contribution in [3.05, 3.63) is 10.6 Å². The second-order valence-corrected chi connectivity index (χ2v) is 5.67. The molecule has 0 saturated carbocycles. The van der Waals surface area contributed by atoms with Gasteiger partial charge in [0.25, 0.3) is 5.91 Å². The van der Waals surface area contributed by atoms with Crippen molar-refractivity contribution in [2.75, 3.05) is 6.54 Å². The average Bonchev–Trinajstić information content (AvgIpc) is 2.86. The van der Waals surface area contributed by atoms with E-state index in [0.29, 0.717) is 17.0 Å². The summed E-state index contributed by atoms with van der Waals surface area (Å²) in [6.45, 7) is 5.52. The molecule has 1 aromatic rings. The van der Waals surface area contributed by atoms with Crippen molar-refractivity contribution in [1.29, 1.82) is 0 Å². The molecule has 20 heavy (non-hydrogen) atoms. The van der Waals surface area contributed by atoms with E-state index in [0.717, 1.165) is 11.5 Å². The minimum absolute atomic E-state index is 0.0575. The Balaban J connectivity index is 2.32. The molecule has 1 saturated heterocycles. The van der Waals surface area contributed by atoms with E-state index in [1.54, 1.807) is 6.92 Å². The number of nitrogens with zero attached hydrogens (tertiary/aromatic N) is 3. The number of nitrogens with one attached hydrogen (secondary N) is 1. The van der Waals surface area contributed by atoms with Crippen molar-refractivity contribution >= 4 is 29.3 Å². The van der Waals surface area contributed by atoms with Crippen LogP contribution in [0.4, 0.5) is 0 Å². The minimum atomic E-state index is -0.623. The fourth-order valence-corrected chi connectivity index (χ4v) is 2.92. The number of piperazine rings is 1. The zero-order valence-electron chi connectivity index (χ0n) is 11.5. The molecular formula is C12H16N4O3S. The Morgan fingerprint density at radius 1 is 1.50 bits per heavy atom. The van der Waals surface area contributed by atoms with Gasteiger partial charge in [-0.3, -0.25) is 19.7 Å². The number of amides is 3. The standard InChI is InChI=1S/C12H16N4O3S/c1-4-7-11(18)13-8(17)5-16(7)12(19)10-9(6(2)3)14-15-20-10/h6-7H,4-5H2,1-3H3,(H,13,17,18). The minimum Gasteiger partial charge on any atom is -0.316 e. The van der Waals surface area contributed by atoms with E-state index in [1.165, 1.54) is 4.90 Å². The first-order chi connectivity index (χ1) is 9.45. The molecule has 0 aliphatic carbocycles. The highest BCUT2D eigenvalue weighted by molar-refractivity contribution is 7.08. The maximum atomic E-state index is 12.6. The number of hydrogen-bond donors (Lipinski definition) is 1. The second-order valence-electron chi connectivity index (χ2n) is 4.91. The third kappa shape index (κ3) is 2.55. The van der Waals surface area contributed by atoms with Gasteiger partial charge in [-0.05, 0) is 23.9 Å². The normalized spacial score (nSPS) is 19.4. The van der Waals surface area contributed by atoms with Crippen LogP contribution in [0.25, 0.3) is 0 Å². The molecule has 2 rings (SSSR count). The van der Waals surface area contributed by atoms with Crippen LogP contribution in [0.15, 0.2) is 0 Å². The van der Waals surface area contributed by atoms with E-state index in [1.807, 2.05) is 13.8 Å². The van der Waals surface area contributed by atoms with Gasteiger partial charge in [0.15, 0.2) is 0 Å². The number of carbonyl (C=O) groups excluding carboxylic acids is 3. The molecule has 2 heterocycles. The molecule has 1 aromatic heterocycles. The topological polar surface area (TPSA) is 92.3 Å². The molecule has 0 spiro atoms. The molecule has 8 heteroatoms. The summed E-state index contributed by atoms with van der Waals surface area (Å²) in [4.78, 5) is 37.6. The molecule has 1 fully saturated rings. The Morgan fingerprint density at radius 2 is 2.20 bits per heavy atom. The van der Waals surface area contributed by atoms with Crippen LogP contribution in [0.5, 0.6) is 0 Å². The predicted octanol–water partition coefficient (Wildman–Crippen LogP) is 0.539. The van der Waals surface area contributed by atoms with Gasteiger partial charge in [-0.2, -0.15) is 0 Å². The maximum Gasteiger partial charge on any atom is 0.268 e. The van der Waals surface area contributed by atoms with E-state index in [4.69, 9.17) is 0 Å². The van der Waals surface area contributed by atoms with Crippen LogP contribution in [0.3, 0.4) is 0 Å². The van der Waals surface area contributed by atoms with Gasteiger partial charge in [0.2, 0.25) is 11.8 Å². The number of imide groups is 1. The van der Waals surface area contributed by atoms with Gasteiger partial charge in [-0.1, -0.05) is 25.3 Å². The number of carbonyl (C=O) groups is 3. The first-order valence-electron chi connectivity index (χ1n) is 6.42. The van der Waals surface area contributed by atoms with E-state index in [9.17, 15) is 14.4 Å². The van der Waals surface area contributed by atoms with Gasteiger partial charge in [-0.15, -0.1) is 5.10 Å². The van der Waals surface area contributed by atoms with Crippen molar-refractivity contribution in [1.82, 2.24) is 19.8 Å². The summed E-state index contributed by atoms with van der Waals surface area (Å²) in [7, 11) is 0. The van der Waals surface area contributed by atoms with Crippen LogP contribution in [-0.4, -0.2) is 44.8 Å². The highest BCUT2D eigenvalue weighted by atomic mass is 32.1. The van der Waals surface area contributed by atoms with Gasteiger partial charge in [0.1, 0.15) is 17.5 Å². The number of aromatic nitrogens is 2. The zero-order chi connectivity index (χ0) is 14.9. The summed E-state index contributed by atoms with van der Waals surface area (Å²) in [5.74, 6) is -1.18. The number of hydrogen-bond acceptors (Lipinski definition) is 6. The summed E-state index contributed by atoms with van der Waals surface area (Å²) in [5.41, 5.74) is 0.605. The Kier molecular flexibility index (Phi) is 4.12. The third-order valence-electron chi connectivity index (χ3n) is 3.16. The summed E-state index contributed by atoms with van der Waals surface area (Å²) >= 11 is 0.999. The Bertz CT molecular complexity index is 555. The van der Waals surface area contributed by atoms with Crippen LogP contribution >= 0.6 is 11.5 Å². The van der Waals surface area contributed by atoms with Crippen LogP contribution in [0.1, 0.15) is 48.5 Å². The Hall–Kier alpha value is -1.83. The Labute approximate surface area is 120 Å². The molecule has 1 atom stereocenters. The molecule has 108 valence electrons. The lowest BCUT2D eigenvalue weighted by atomic mass is 10.1. The van der Waals surface area contributed by atoms with Crippen molar-refractivity contribution in [2.45, 2.75) is 39.2 Å². The molecule has 1 aliphatic rings. The van der Waals surface area contributed by atoms with Crippen molar-refractivity contribution in [3.8, 4) is 0 Å². The van der Waals surface area contributed by atoms with E-state index >= 15 is 0 Å². The van der Waals surface area contributed by atoms with Crippen LogP contribution in [-0.2, 0) is 9.59 Å². The molecule has 1 aliphatic heterocycles. The quantitative estimate of drug-likeness (QED) is 0.822. The molecule has 0 bridgehead atoms. The number of rotatable bonds is 3. The molecule has 0 radical (unpaired) electrons. The van der Waals surface area contributed by atoms with Gasteiger partial charge < -0.3 is 4.90 Å². The molecule has 3 amide bonds. The summed E-state index contributed by atoms with van der Waals surface area (Å²) < 4.78 is 3.81. The van der Waals surface area contributed by atoms with Gasteiger partial charge in [-0.25, -0.2) is 0 Å². The largest absolute Gasteiger partial charge is 0.316 e. The fourth-order valence-electron chi connectivity index (χ4n) is 2.14. The smallest absolute Gasteiger partial charge is 0.268 e. The van der Waals surface area contributed by atoms with E-state index in [-0.39, 0.29) is 18.4 Å². The molecule has 1 N–H and O–H groups in total. The van der Waals surface area contributed by atoms with Crippen LogP contribution in [0.2, 0.25) is 0 Å². The van der Waals surface area contributed by atoms with Crippen molar-refractivity contribution in [2.24, 2.45) is 0 Å². The maximum absolute atomic E-state index is 12.6. The zero-order valence-corrected chi connectivity index (χ0v) is 12.4. The van der Waals surface area contributed by atoms with E-state index < -0.39 is 17.9 Å². The van der Waals surface area contributed by atoms with Crippen LogP contribution < -0.4 is 5.32 Å². The predicted molar refractivity (Wildman–Crippen MR) is 72.3 cm³/mol. The van der Waals surface area contributed by atoms with Crippen LogP contribution in [0, 0.1) is 0 Å². The van der Waals surface area contributed by atoms with Crippen molar-refractivity contribution < 1.29 is 14.4 Å². The van der Waals surface area contributed by atoms with E-state index in [2.05, 4.69) is 14.9 Å². The van der Waals surface area contributed by atoms with Gasteiger partial charge >= 0.3 is 0 Å². The SMILES string of the molecule is CCC1C(=O)NC(=O)CN1C(=O)c1snnc1C(C)C. The molecule has 7 nitrogen and oxygen atoms in total. The molecular weight excluding hydrogens is 280 g/mol. The first kappa shape index (κ1) is 14.6. The summed E-state index contributed by atoms with van der Waals surface area (Å²) in [5, 5.41) is 6.20. The fraction of sp³-hybridized carbons (Fsp3) is 0.583. The lowest BCUT2D eigenvalue weighted by molar-refractivity contribution is -0.138. The Morgan fingerprint density at radius 3 is 2.80 bits per heavy atom. The lowest BCUT2D eigenvalue weighted by Gasteiger charge is -2.33. The summed E-state index contributed by atoms with van der Waals surface area (Å²) in [6.07, 6.45) is 0.452. The van der Waals surface area contributed by atoms with Gasteiger partial charge in [0.05, 0.1) is 5.69 Å². The third-order valence-corrected chi connectivity index (χ3v) is 3.89. The molecule has 0 aromatic carbocycles. The average molecular weight is 296 g/mol. The monoisotopic (exact) mass is 296 g/mol. The second kappa shape index (κ2) is 5.66. The lowest BCUT2D eigenvalue weighted by Crippen LogP contribution is -2.59. The summed E-state index contributed by atoms with van der Waals surface area (Å²) in [6, 6.07) is -0.623. The first-order valence-corrected chi connectivity index (χ1v) is 7.20.